The Morgan fingerprint density at radius 3 is 2.44 bits per heavy atom. The van der Waals surface area contributed by atoms with Crippen LogP contribution in [0.1, 0.15) is 52.9 Å². The summed E-state index contributed by atoms with van der Waals surface area (Å²) in [6.07, 6.45) is 6.07. The first kappa shape index (κ1) is 15.7. The zero-order valence-corrected chi connectivity index (χ0v) is 11.3. The van der Waals surface area contributed by atoms with Crippen molar-refractivity contribution in [3.05, 3.63) is 12.2 Å². The first-order chi connectivity index (χ1) is 7.63. The lowest BCUT2D eigenvalue weighted by Crippen LogP contribution is -2.23. The second-order valence-electron chi connectivity index (χ2n) is 4.84. The van der Waals surface area contributed by atoms with E-state index in [1.54, 1.807) is 0 Å². The van der Waals surface area contributed by atoms with Gasteiger partial charge in [0.15, 0.2) is 0 Å². The maximum absolute atomic E-state index is 5.51. The van der Waals surface area contributed by atoms with E-state index in [9.17, 15) is 0 Å². The molecule has 1 N–H and O–H groups in total. The quantitative estimate of drug-likeness (QED) is 0.431. The third-order valence-corrected chi connectivity index (χ3v) is 2.44. The predicted octanol–water partition coefficient (Wildman–Crippen LogP) is 3.53. The Kier molecular flexibility index (Phi) is 10.9. The average molecular weight is 227 g/mol. The van der Waals surface area contributed by atoms with Crippen molar-refractivity contribution >= 4 is 0 Å². The molecule has 0 fully saturated rings. The summed E-state index contributed by atoms with van der Waals surface area (Å²) < 4.78 is 5.51. The van der Waals surface area contributed by atoms with Crippen molar-refractivity contribution < 1.29 is 4.74 Å². The van der Waals surface area contributed by atoms with Crippen LogP contribution in [0.25, 0.3) is 0 Å². The van der Waals surface area contributed by atoms with Crippen LogP contribution in [0.3, 0.4) is 0 Å². The van der Waals surface area contributed by atoms with Crippen LogP contribution in [0, 0.1) is 0 Å². The minimum absolute atomic E-state index is 0.616. The molecule has 0 heterocycles. The van der Waals surface area contributed by atoms with Crippen LogP contribution in [0.15, 0.2) is 12.2 Å². The number of unbranched alkanes of at least 4 members (excludes halogenated alkanes) is 3. The Hall–Kier alpha value is -0.340. The molecule has 2 nitrogen and oxygen atoms in total. The topological polar surface area (TPSA) is 21.3 Å². The monoisotopic (exact) mass is 227 g/mol. The van der Waals surface area contributed by atoms with Crippen molar-refractivity contribution in [1.82, 2.24) is 5.32 Å². The van der Waals surface area contributed by atoms with Gasteiger partial charge < -0.3 is 10.1 Å². The van der Waals surface area contributed by atoms with Crippen LogP contribution in [-0.2, 0) is 4.74 Å². The maximum Gasteiger partial charge on any atom is 0.0502 e. The highest BCUT2D eigenvalue weighted by atomic mass is 16.5. The zero-order chi connectivity index (χ0) is 12.2. The van der Waals surface area contributed by atoms with Crippen LogP contribution in [0.4, 0.5) is 0 Å². The van der Waals surface area contributed by atoms with Gasteiger partial charge in [0.25, 0.3) is 0 Å². The Morgan fingerprint density at radius 2 is 1.81 bits per heavy atom. The molecule has 0 saturated carbocycles. The lowest BCUT2D eigenvalue weighted by Gasteiger charge is -2.07. The number of hydrogen-bond acceptors (Lipinski definition) is 2. The van der Waals surface area contributed by atoms with Crippen molar-refractivity contribution in [1.29, 1.82) is 0 Å². The molecule has 0 aromatic carbocycles. The lowest BCUT2D eigenvalue weighted by molar-refractivity contribution is 0.133. The fourth-order valence-electron chi connectivity index (χ4n) is 1.42. The van der Waals surface area contributed by atoms with Crippen molar-refractivity contribution in [2.24, 2.45) is 0 Å². The molecular weight excluding hydrogens is 198 g/mol. The fourth-order valence-corrected chi connectivity index (χ4v) is 1.42. The van der Waals surface area contributed by atoms with Crippen LogP contribution < -0.4 is 5.32 Å². The van der Waals surface area contributed by atoms with Crippen molar-refractivity contribution in [3.8, 4) is 0 Å². The Bertz CT molecular complexity index is 166. The van der Waals surface area contributed by atoms with Gasteiger partial charge in [0, 0.05) is 12.6 Å². The summed E-state index contributed by atoms with van der Waals surface area (Å²) in [6.45, 7) is 13.2. The highest BCUT2D eigenvalue weighted by Gasteiger charge is 1.93. The van der Waals surface area contributed by atoms with Gasteiger partial charge in [-0.2, -0.15) is 0 Å². The smallest absolute Gasteiger partial charge is 0.0502 e. The molecular formula is C14H29NO. The van der Waals surface area contributed by atoms with Gasteiger partial charge in [-0.3, -0.25) is 0 Å². The molecule has 0 rings (SSSR count). The summed E-state index contributed by atoms with van der Waals surface area (Å²) in [6, 6.07) is 0.616. The third kappa shape index (κ3) is 13.7. The minimum atomic E-state index is 0.616. The molecule has 2 heteroatoms. The van der Waals surface area contributed by atoms with E-state index in [0.717, 1.165) is 26.2 Å². The highest BCUT2D eigenvalue weighted by molar-refractivity contribution is 4.86. The molecule has 0 aliphatic rings. The number of hydrogen-bond donors (Lipinski definition) is 1. The van der Waals surface area contributed by atoms with E-state index in [-0.39, 0.29) is 0 Å². The summed E-state index contributed by atoms with van der Waals surface area (Å²) in [4.78, 5) is 0. The fraction of sp³-hybridized carbons (Fsp3) is 0.857. The van der Waals surface area contributed by atoms with Crippen LogP contribution in [-0.4, -0.2) is 25.8 Å². The van der Waals surface area contributed by atoms with Gasteiger partial charge in [-0.25, -0.2) is 0 Å². The van der Waals surface area contributed by atoms with Gasteiger partial charge >= 0.3 is 0 Å². The first-order valence-electron chi connectivity index (χ1n) is 6.58. The van der Waals surface area contributed by atoms with Gasteiger partial charge in [-0.15, -0.1) is 6.58 Å². The molecule has 0 atom stereocenters. The molecule has 0 aromatic rings. The van der Waals surface area contributed by atoms with E-state index in [0.29, 0.717) is 6.04 Å². The number of rotatable bonds is 11. The largest absolute Gasteiger partial charge is 0.381 e. The molecule has 0 aliphatic heterocycles. The summed E-state index contributed by atoms with van der Waals surface area (Å²) in [5.41, 5.74) is 1.21. The summed E-state index contributed by atoms with van der Waals surface area (Å²) in [5.74, 6) is 0. The Balaban J connectivity index is 2.96. The molecule has 0 saturated heterocycles. The molecule has 96 valence electrons. The van der Waals surface area contributed by atoms with Crippen molar-refractivity contribution in [2.75, 3.05) is 19.8 Å². The molecule has 0 amide bonds. The second kappa shape index (κ2) is 11.2. The van der Waals surface area contributed by atoms with Gasteiger partial charge in [0.05, 0.1) is 6.61 Å². The number of nitrogens with one attached hydrogen (secondary N) is 1. The molecule has 16 heavy (non-hydrogen) atoms. The van der Waals surface area contributed by atoms with Crippen molar-refractivity contribution in [3.63, 3.8) is 0 Å². The Morgan fingerprint density at radius 1 is 1.12 bits per heavy atom. The predicted molar refractivity (Wildman–Crippen MR) is 71.9 cm³/mol. The molecule has 0 spiro atoms. The van der Waals surface area contributed by atoms with Gasteiger partial charge in [0.1, 0.15) is 0 Å². The van der Waals surface area contributed by atoms with Crippen LogP contribution >= 0.6 is 0 Å². The summed E-state index contributed by atoms with van der Waals surface area (Å²) in [7, 11) is 0. The van der Waals surface area contributed by atoms with Gasteiger partial charge in [0.2, 0.25) is 0 Å². The molecule has 0 bridgehead atoms. The molecule has 0 radical (unpaired) electrons. The average Bonchev–Trinajstić information content (AvgIpc) is 2.20. The van der Waals surface area contributed by atoms with E-state index in [1.165, 1.54) is 31.3 Å². The maximum atomic E-state index is 5.51. The van der Waals surface area contributed by atoms with E-state index in [1.807, 2.05) is 6.92 Å². The third-order valence-electron chi connectivity index (χ3n) is 2.44. The Labute approximate surface area is 101 Å². The zero-order valence-electron chi connectivity index (χ0n) is 11.3. The van der Waals surface area contributed by atoms with E-state index < -0.39 is 0 Å². The van der Waals surface area contributed by atoms with Crippen LogP contribution in [0.2, 0.25) is 0 Å². The molecule has 0 aromatic heterocycles. The highest BCUT2D eigenvalue weighted by Crippen LogP contribution is 2.01. The van der Waals surface area contributed by atoms with E-state index in [4.69, 9.17) is 4.74 Å². The summed E-state index contributed by atoms with van der Waals surface area (Å²) >= 11 is 0. The SMILES string of the molecule is C=C(C)CCOCCCCCCNC(C)C. The van der Waals surface area contributed by atoms with E-state index in [2.05, 4.69) is 25.7 Å². The second-order valence-corrected chi connectivity index (χ2v) is 4.84. The minimum Gasteiger partial charge on any atom is -0.381 e. The standard InChI is InChI=1S/C14H29NO/c1-13(2)9-12-16-11-8-6-5-7-10-15-14(3)4/h14-15H,1,5-12H2,2-4H3. The molecule has 0 aliphatic carbocycles. The van der Waals surface area contributed by atoms with Gasteiger partial charge in [-0.05, 0) is 32.7 Å². The summed E-state index contributed by atoms with van der Waals surface area (Å²) in [5, 5.41) is 3.43. The first-order valence-corrected chi connectivity index (χ1v) is 6.58. The van der Waals surface area contributed by atoms with E-state index >= 15 is 0 Å². The van der Waals surface area contributed by atoms with Crippen LogP contribution in [0.5, 0.6) is 0 Å². The number of ether oxygens (including phenoxy) is 1. The molecule has 0 unspecified atom stereocenters. The lowest BCUT2D eigenvalue weighted by atomic mass is 10.2. The normalized spacial score (nSPS) is 11.0. The van der Waals surface area contributed by atoms with Gasteiger partial charge in [-0.1, -0.05) is 32.3 Å². The van der Waals surface area contributed by atoms with Crippen molar-refractivity contribution in [2.45, 2.75) is 58.9 Å².